The molecule has 3 nitrogen and oxygen atoms in total. The first kappa shape index (κ1) is 14.6. The number of hydrogen-bond acceptors (Lipinski definition) is 2. The van der Waals surface area contributed by atoms with E-state index in [2.05, 4.69) is 11.8 Å². The van der Waals surface area contributed by atoms with Crippen LogP contribution >= 0.6 is 0 Å². The summed E-state index contributed by atoms with van der Waals surface area (Å²) >= 11 is 0. The van der Waals surface area contributed by atoms with Crippen molar-refractivity contribution < 1.29 is 14.3 Å². The number of hydrogen-bond donors (Lipinski definition) is 1. The van der Waals surface area contributed by atoms with Crippen molar-refractivity contribution in [2.24, 2.45) is 0 Å². The highest BCUT2D eigenvalue weighted by Crippen LogP contribution is 2.10. The summed E-state index contributed by atoms with van der Waals surface area (Å²) in [5, 5.41) is 8.57. The van der Waals surface area contributed by atoms with Crippen LogP contribution in [0.4, 0.5) is 4.39 Å². The Morgan fingerprint density at radius 2 is 2.22 bits per heavy atom. The van der Waals surface area contributed by atoms with Gasteiger partial charge in [0.05, 0.1) is 0 Å². The van der Waals surface area contributed by atoms with E-state index in [1.807, 2.05) is 13.1 Å². The number of carbonyl (C=O) groups is 1. The summed E-state index contributed by atoms with van der Waals surface area (Å²) in [7, 11) is 1.96. The molecule has 0 amide bonds. The van der Waals surface area contributed by atoms with Crippen molar-refractivity contribution in [2.75, 3.05) is 13.6 Å². The summed E-state index contributed by atoms with van der Waals surface area (Å²) in [5.41, 5.74) is 0.965. The van der Waals surface area contributed by atoms with Gasteiger partial charge < -0.3 is 10.0 Å². The lowest BCUT2D eigenvalue weighted by molar-refractivity contribution is -0.137. The Kier molecular flexibility index (Phi) is 5.78. The van der Waals surface area contributed by atoms with Gasteiger partial charge in [-0.2, -0.15) is 0 Å². The highest BCUT2D eigenvalue weighted by molar-refractivity contribution is 5.66. The highest BCUT2D eigenvalue weighted by atomic mass is 19.1. The molecule has 0 saturated heterocycles. The Bertz CT molecular complexity index is 395. The lowest BCUT2D eigenvalue weighted by Crippen LogP contribution is -2.32. The van der Waals surface area contributed by atoms with Gasteiger partial charge in [0.2, 0.25) is 0 Å². The number of halogens is 1. The maximum absolute atomic E-state index is 13.0. The molecule has 0 aromatic heterocycles. The summed E-state index contributed by atoms with van der Waals surface area (Å²) in [6.07, 6.45) is 1.59. The van der Waals surface area contributed by atoms with Crippen LogP contribution in [0.1, 0.15) is 25.3 Å². The molecule has 0 aliphatic heterocycles. The second-order valence-electron chi connectivity index (χ2n) is 4.66. The van der Waals surface area contributed by atoms with Gasteiger partial charge in [0.15, 0.2) is 0 Å². The minimum Gasteiger partial charge on any atom is -0.481 e. The molecule has 1 N–H and O–H groups in total. The Hall–Kier alpha value is -1.42. The van der Waals surface area contributed by atoms with Crippen LogP contribution in [0.2, 0.25) is 0 Å². The lowest BCUT2D eigenvalue weighted by atomic mass is 10.1. The van der Waals surface area contributed by atoms with Gasteiger partial charge in [0.25, 0.3) is 0 Å². The minimum atomic E-state index is -0.763. The molecule has 0 fully saturated rings. The van der Waals surface area contributed by atoms with Crippen molar-refractivity contribution in [2.45, 2.75) is 32.2 Å². The summed E-state index contributed by atoms with van der Waals surface area (Å²) in [6, 6.07) is 6.86. The fraction of sp³-hybridized carbons (Fsp3) is 0.500. The predicted molar refractivity (Wildman–Crippen MR) is 69.1 cm³/mol. The standard InChI is InChI=1S/C14H20FNO2/c1-11(16(2)8-4-7-14(17)18)9-12-5-3-6-13(15)10-12/h3,5-6,10-11H,4,7-9H2,1-2H3,(H,17,18). The summed E-state index contributed by atoms with van der Waals surface area (Å²) in [6.45, 7) is 2.80. The third-order valence-electron chi connectivity index (χ3n) is 3.07. The number of aliphatic carboxylic acids is 1. The Labute approximate surface area is 107 Å². The van der Waals surface area contributed by atoms with Gasteiger partial charge in [0, 0.05) is 12.5 Å². The van der Waals surface area contributed by atoms with Crippen LogP contribution < -0.4 is 0 Å². The number of benzene rings is 1. The monoisotopic (exact) mass is 253 g/mol. The predicted octanol–water partition coefficient (Wildman–Crippen LogP) is 2.55. The molecule has 0 spiro atoms. The number of rotatable bonds is 7. The minimum absolute atomic E-state index is 0.191. The van der Waals surface area contributed by atoms with E-state index in [0.717, 1.165) is 18.5 Å². The van der Waals surface area contributed by atoms with E-state index in [1.165, 1.54) is 6.07 Å². The molecule has 100 valence electrons. The first-order valence-corrected chi connectivity index (χ1v) is 6.15. The van der Waals surface area contributed by atoms with Crippen molar-refractivity contribution in [1.82, 2.24) is 4.90 Å². The van der Waals surface area contributed by atoms with Crippen LogP contribution in [-0.2, 0) is 11.2 Å². The van der Waals surface area contributed by atoms with E-state index >= 15 is 0 Å². The van der Waals surface area contributed by atoms with Gasteiger partial charge in [-0.3, -0.25) is 4.79 Å². The maximum atomic E-state index is 13.0. The van der Waals surface area contributed by atoms with E-state index < -0.39 is 5.97 Å². The van der Waals surface area contributed by atoms with E-state index in [9.17, 15) is 9.18 Å². The van der Waals surface area contributed by atoms with Crippen LogP contribution in [0.3, 0.4) is 0 Å². The van der Waals surface area contributed by atoms with Crippen LogP contribution in [0.15, 0.2) is 24.3 Å². The summed E-state index contributed by atoms with van der Waals surface area (Å²) < 4.78 is 13.0. The molecule has 1 aromatic carbocycles. The quantitative estimate of drug-likeness (QED) is 0.812. The number of carboxylic acid groups (broad SMARTS) is 1. The van der Waals surface area contributed by atoms with Crippen LogP contribution in [0.5, 0.6) is 0 Å². The molecule has 1 atom stereocenters. The fourth-order valence-electron chi connectivity index (χ4n) is 1.86. The molecule has 0 saturated carbocycles. The van der Waals surface area contributed by atoms with Crippen molar-refractivity contribution in [3.05, 3.63) is 35.6 Å². The van der Waals surface area contributed by atoms with Gasteiger partial charge in [-0.1, -0.05) is 12.1 Å². The van der Waals surface area contributed by atoms with Crippen molar-refractivity contribution >= 4 is 5.97 Å². The first-order valence-electron chi connectivity index (χ1n) is 6.15. The first-order chi connectivity index (χ1) is 8.49. The van der Waals surface area contributed by atoms with Crippen molar-refractivity contribution in [1.29, 1.82) is 0 Å². The second kappa shape index (κ2) is 7.11. The van der Waals surface area contributed by atoms with E-state index in [4.69, 9.17) is 5.11 Å². The molecule has 0 radical (unpaired) electrons. The normalized spacial score (nSPS) is 12.7. The van der Waals surface area contributed by atoms with Gasteiger partial charge >= 0.3 is 5.97 Å². The number of nitrogens with zero attached hydrogens (tertiary/aromatic N) is 1. The molecule has 1 unspecified atom stereocenters. The molecule has 0 aliphatic rings. The molecular formula is C14H20FNO2. The van der Waals surface area contributed by atoms with E-state index in [-0.39, 0.29) is 18.3 Å². The van der Waals surface area contributed by atoms with Crippen molar-refractivity contribution in [3.8, 4) is 0 Å². The fourth-order valence-corrected chi connectivity index (χ4v) is 1.86. The average molecular weight is 253 g/mol. The second-order valence-corrected chi connectivity index (χ2v) is 4.66. The molecule has 1 aromatic rings. The molecule has 4 heteroatoms. The largest absolute Gasteiger partial charge is 0.481 e. The molecule has 0 aliphatic carbocycles. The van der Waals surface area contributed by atoms with Gasteiger partial charge in [-0.15, -0.1) is 0 Å². The van der Waals surface area contributed by atoms with Gasteiger partial charge in [-0.05, 0) is 51.1 Å². The zero-order valence-corrected chi connectivity index (χ0v) is 10.9. The Balaban J connectivity index is 2.39. The van der Waals surface area contributed by atoms with Crippen LogP contribution in [0.25, 0.3) is 0 Å². The van der Waals surface area contributed by atoms with Crippen LogP contribution in [0, 0.1) is 5.82 Å². The number of carboxylic acids is 1. The zero-order valence-electron chi connectivity index (χ0n) is 10.9. The third kappa shape index (κ3) is 5.27. The van der Waals surface area contributed by atoms with Gasteiger partial charge in [0.1, 0.15) is 5.82 Å². The zero-order chi connectivity index (χ0) is 13.5. The summed E-state index contributed by atoms with van der Waals surface area (Å²) in [5.74, 6) is -0.977. The third-order valence-corrected chi connectivity index (χ3v) is 3.07. The average Bonchev–Trinajstić information content (AvgIpc) is 2.28. The topological polar surface area (TPSA) is 40.5 Å². The van der Waals surface area contributed by atoms with Crippen molar-refractivity contribution in [3.63, 3.8) is 0 Å². The lowest BCUT2D eigenvalue weighted by Gasteiger charge is -2.24. The summed E-state index contributed by atoms with van der Waals surface area (Å²) in [4.78, 5) is 12.5. The number of likely N-dealkylation sites (N-methyl/N-ethyl adjacent to an activating group) is 1. The molecule has 0 bridgehead atoms. The van der Waals surface area contributed by atoms with E-state index in [0.29, 0.717) is 6.42 Å². The maximum Gasteiger partial charge on any atom is 0.303 e. The van der Waals surface area contributed by atoms with E-state index in [1.54, 1.807) is 12.1 Å². The molecule has 0 heterocycles. The Morgan fingerprint density at radius 3 is 2.83 bits per heavy atom. The molecular weight excluding hydrogens is 233 g/mol. The molecule has 1 rings (SSSR count). The van der Waals surface area contributed by atoms with Crippen LogP contribution in [-0.4, -0.2) is 35.6 Å². The smallest absolute Gasteiger partial charge is 0.303 e. The highest BCUT2D eigenvalue weighted by Gasteiger charge is 2.10. The molecule has 18 heavy (non-hydrogen) atoms. The SMILES string of the molecule is CC(Cc1cccc(F)c1)N(C)CCCC(=O)O. The van der Waals surface area contributed by atoms with Gasteiger partial charge in [-0.25, -0.2) is 4.39 Å². The Morgan fingerprint density at radius 1 is 1.50 bits per heavy atom.